The number of amides is 1. The minimum absolute atomic E-state index is 0.123. The number of carbonyl (C=O) groups is 1. The monoisotopic (exact) mass is 249 g/mol. The van der Waals surface area contributed by atoms with Crippen LogP contribution in [0, 0.1) is 0 Å². The van der Waals surface area contributed by atoms with E-state index in [-0.39, 0.29) is 11.9 Å². The lowest BCUT2D eigenvalue weighted by Gasteiger charge is -2.11. The highest BCUT2D eigenvalue weighted by Gasteiger charge is 2.04. The van der Waals surface area contributed by atoms with Crippen molar-refractivity contribution in [2.75, 3.05) is 13.1 Å². The molecular weight excluding hydrogens is 226 g/mol. The Morgan fingerprint density at radius 3 is 2.94 bits per heavy atom. The van der Waals surface area contributed by atoms with E-state index in [0.717, 1.165) is 25.9 Å². The second-order valence-electron chi connectivity index (χ2n) is 4.49. The van der Waals surface area contributed by atoms with Crippen LogP contribution in [-0.2, 0) is 11.2 Å². The van der Waals surface area contributed by atoms with Gasteiger partial charge < -0.3 is 10.6 Å². The summed E-state index contributed by atoms with van der Waals surface area (Å²) in [7, 11) is 0. The van der Waals surface area contributed by atoms with Crippen LogP contribution in [0.1, 0.15) is 32.3 Å². The lowest BCUT2D eigenvalue weighted by molar-refractivity contribution is -0.121. The summed E-state index contributed by atoms with van der Waals surface area (Å²) in [5.41, 5.74) is 1.22. The predicted octanol–water partition coefficient (Wildman–Crippen LogP) is 1.52. The molecule has 0 spiro atoms. The van der Waals surface area contributed by atoms with Crippen molar-refractivity contribution in [1.29, 1.82) is 0 Å². The average Bonchev–Trinajstić information content (AvgIpc) is 2.39. The molecule has 0 saturated heterocycles. The van der Waals surface area contributed by atoms with Gasteiger partial charge in [-0.1, -0.05) is 13.0 Å². The molecule has 100 valence electrons. The summed E-state index contributed by atoms with van der Waals surface area (Å²) in [6.07, 6.45) is 6.10. The van der Waals surface area contributed by atoms with Crippen molar-refractivity contribution >= 4 is 5.91 Å². The Balaban J connectivity index is 2.03. The lowest BCUT2D eigenvalue weighted by atomic mass is 10.2. The third-order valence-electron chi connectivity index (χ3n) is 2.86. The van der Waals surface area contributed by atoms with E-state index < -0.39 is 0 Å². The first-order valence-electron chi connectivity index (χ1n) is 6.61. The van der Waals surface area contributed by atoms with Crippen molar-refractivity contribution < 1.29 is 4.79 Å². The Kier molecular flexibility index (Phi) is 7.03. The Hall–Kier alpha value is -1.42. The number of hydrogen-bond acceptors (Lipinski definition) is 3. The Labute approximate surface area is 109 Å². The molecule has 0 fully saturated rings. The molecule has 2 N–H and O–H groups in total. The molecule has 1 heterocycles. The highest BCUT2D eigenvalue weighted by atomic mass is 16.1. The summed E-state index contributed by atoms with van der Waals surface area (Å²) < 4.78 is 0. The molecule has 0 aromatic carbocycles. The predicted molar refractivity (Wildman–Crippen MR) is 73.3 cm³/mol. The largest absolute Gasteiger partial charge is 0.354 e. The molecule has 0 aliphatic rings. The van der Waals surface area contributed by atoms with Crippen LogP contribution in [0.15, 0.2) is 24.5 Å². The van der Waals surface area contributed by atoms with Crippen LogP contribution >= 0.6 is 0 Å². The van der Waals surface area contributed by atoms with E-state index in [1.165, 1.54) is 5.56 Å². The SMILES string of the molecule is CCC(C)NC(=O)CCNCCc1cccnc1. The zero-order valence-electron chi connectivity index (χ0n) is 11.3. The van der Waals surface area contributed by atoms with Gasteiger partial charge in [-0.05, 0) is 37.9 Å². The summed E-state index contributed by atoms with van der Waals surface area (Å²) in [6, 6.07) is 4.27. The summed E-state index contributed by atoms with van der Waals surface area (Å²) in [5.74, 6) is 0.123. The Bertz CT molecular complexity index is 340. The van der Waals surface area contributed by atoms with Crippen molar-refractivity contribution in [3.8, 4) is 0 Å². The number of nitrogens with zero attached hydrogens (tertiary/aromatic N) is 1. The molecule has 1 amide bonds. The van der Waals surface area contributed by atoms with Gasteiger partial charge in [-0.3, -0.25) is 9.78 Å². The van der Waals surface area contributed by atoms with Crippen LogP contribution in [0.4, 0.5) is 0 Å². The van der Waals surface area contributed by atoms with Gasteiger partial charge >= 0.3 is 0 Å². The fourth-order valence-corrected chi connectivity index (χ4v) is 1.55. The minimum Gasteiger partial charge on any atom is -0.354 e. The molecule has 4 nitrogen and oxygen atoms in total. The number of aromatic nitrogens is 1. The summed E-state index contributed by atoms with van der Waals surface area (Å²) in [4.78, 5) is 15.5. The maximum Gasteiger partial charge on any atom is 0.221 e. The minimum atomic E-state index is 0.123. The third kappa shape index (κ3) is 6.35. The van der Waals surface area contributed by atoms with E-state index in [1.54, 1.807) is 6.20 Å². The molecule has 0 radical (unpaired) electrons. The van der Waals surface area contributed by atoms with Gasteiger partial charge in [0.25, 0.3) is 0 Å². The molecule has 0 saturated carbocycles. The van der Waals surface area contributed by atoms with E-state index in [0.29, 0.717) is 6.42 Å². The number of carbonyl (C=O) groups excluding carboxylic acids is 1. The fourth-order valence-electron chi connectivity index (χ4n) is 1.55. The molecule has 1 aromatic rings. The van der Waals surface area contributed by atoms with Crippen molar-refractivity contribution in [3.63, 3.8) is 0 Å². The van der Waals surface area contributed by atoms with Gasteiger partial charge in [-0.2, -0.15) is 0 Å². The second-order valence-corrected chi connectivity index (χ2v) is 4.49. The van der Waals surface area contributed by atoms with Gasteiger partial charge in [0, 0.05) is 31.4 Å². The van der Waals surface area contributed by atoms with Gasteiger partial charge in [-0.15, -0.1) is 0 Å². The van der Waals surface area contributed by atoms with Crippen LogP contribution in [-0.4, -0.2) is 30.0 Å². The van der Waals surface area contributed by atoms with Crippen molar-refractivity contribution in [2.45, 2.75) is 39.2 Å². The van der Waals surface area contributed by atoms with Crippen LogP contribution in [0.25, 0.3) is 0 Å². The van der Waals surface area contributed by atoms with E-state index in [1.807, 2.05) is 19.2 Å². The second kappa shape index (κ2) is 8.64. The van der Waals surface area contributed by atoms with Gasteiger partial charge in [0.1, 0.15) is 0 Å². The van der Waals surface area contributed by atoms with Crippen LogP contribution in [0.2, 0.25) is 0 Å². The first-order valence-corrected chi connectivity index (χ1v) is 6.61. The number of rotatable bonds is 8. The number of pyridine rings is 1. The van der Waals surface area contributed by atoms with Crippen molar-refractivity contribution in [2.24, 2.45) is 0 Å². The van der Waals surface area contributed by atoms with E-state index in [9.17, 15) is 4.79 Å². The molecule has 1 unspecified atom stereocenters. The number of hydrogen-bond donors (Lipinski definition) is 2. The maximum atomic E-state index is 11.5. The average molecular weight is 249 g/mol. The normalized spacial score (nSPS) is 12.1. The van der Waals surface area contributed by atoms with E-state index in [4.69, 9.17) is 0 Å². The molecule has 1 aromatic heterocycles. The van der Waals surface area contributed by atoms with Gasteiger partial charge in [0.2, 0.25) is 5.91 Å². The first kappa shape index (κ1) is 14.6. The van der Waals surface area contributed by atoms with Crippen molar-refractivity contribution in [3.05, 3.63) is 30.1 Å². The lowest BCUT2D eigenvalue weighted by Crippen LogP contribution is -2.34. The van der Waals surface area contributed by atoms with Crippen LogP contribution < -0.4 is 10.6 Å². The number of nitrogens with one attached hydrogen (secondary N) is 2. The first-order chi connectivity index (χ1) is 8.72. The molecule has 1 atom stereocenters. The van der Waals surface area contributed by atoms with E-state index in [2.05, 4.69) is 28.6 Å². The smallest absolute Gasteiger partial charge is 0.221 e. The summed E-state index contributed by atoms with van der Waals surface area (Å²) >= 11 is 0. The molecule has 0 aliphatic carbocycles. The highest BCUT2D eigenvalue weighted by molar-refractivity contribution is 5.76. The fraction of sp³-hybridized carbons (Fsp3) is 0.571. The highest BCUT2D eigenvalue weighted by Crippen LogP contribution is 1.95. The Morgan fingerprint density at radius 1 is 1.44 bits per heavy atom. The third-order valence-corrected chi connectivity index (χ3v) is 2.86. The van der Waals surface area contributed by atoms with Crippen LogP contribution in [0.3, 0.4) is 0 Å². The molecule has 1 rings (SSSR count). The molecule has 0 aliphatic heterocycles. The van der Waals surface area contributed by atoms with Gasteiger partial charge in [0.05, 0.1) is 0 Å². The molecule has 18 heavy (non-hydrogen) atoms. The summed E-state index contributed by atoms with van der Waals surface area (Å²) in [6.45, 7) is 5.69. The van der Waals surface area contributed by atoms with Crippen molar-refractivity contribution in [1.82, 2.24) is 15.6 Å². The molecule has 0 bridgehead atoms. The molecular formula is C14H23N3O. The van der Waals surface area contributed by atoms with Gasteiger partial charge in [-0.25, -0.2) is 0 Å². The zero-order chi connectivity index (χ0) is 13.2. The molecule has 4 heteroatoms. The maximum absolute atomic E-state index is 11.5. The topological polar surface area (TPSA) is 54.0 Å². The van der Waals surface area contributed by atoms with E-state index >= 15 is 0 Å². The Morgan fingerprint density at radius 2 is 2.28 bits per heavy atom. The summed E-state index contributed by atoms with van der Waals surface area (Å²) in [5, 5.41) is 6.22. The standard InChI is InChI=1S/C14H23N3O/c1-3-12(2)17-14(18)7-10-15-9-6-13-5-4-8-16-11-13/h4-5,8,11-12,15H,3,6-7,9-10H2,1-2H3,(H,17,18). The quantitative estimate of drug-likeness (QED) is 0.687. The van der Waals surface area contributed by atoms with Gasteiger partial charge in [0.15, 0.2) is 0 Å². The zero-order valence-corrected chi connectivity index (χ0v) is 11.3. The van der Waals surface area contributed by atoms with Crippen LogP contribution in [0.5, 0.6) is 0 Å².